The first-order valence-electron chi connectivity index (χ1n) is 9.23. The molecule has 0 spiro atoms. The normalized spacial score (nSPS) is 16.7. The number of hydrogen-bond donors (Lipinski definition) is 1. The largest absolute Gasteiger partial charge is 0.352 e. The van der Waals surface area contributed by atoms with Crippen LogP contribution in [0.15, 0.2) is 29.1 Å². The van der Waals surface area contributed by atoms with E-state index in [2.05, 4.69) is 5.32 Å². The Kier molecular flexibility index (Phi) is 5.71. The number of amides is 1. The van der Waals surface area contributed by atoms with Gasteiger partial charge in [0.2, 0.25) is 15.9 Å². The summed E-state index contributed by atoms with van der Waals surface area (Å²) >= 11 is 0. The number of nitrogens with one attached hydrogen (secondary N) is 1. The van der Waals surface area contributed by atoms with Crippen molar-refractivity contribution in [2.75, 3.05) is 19.3 Å². The van der Waals surface area contributed by atoms with Crippen LogP contribution in [0.1, 0.15) is 26.2 Å². The molecule has 0 unspecified atom stereocenters. The fraction of sp³-hybridized carbons (Fsp3) is 0.556. The van der Waals surface area contributed by atoms with Gasteiger partial charge in [0.15, 0.2) is 0 Å². The minimum atomic E-state index is -3.19. The number of para-hydroxylation sites is 2. The number of hydrogen-bond acceptors (Lipinski definition) is 4. The number of imidazole rings is 1. The van der Waals surface area contributed by atoms with E-state index in [1.165, 1.54) is 15.1 Å². The molecule has 1 aromatic heterocycles. The summed E-state index contributed by atoms with van der Waals surface area (Å²) < 4.78 is 27.8. The fourth-order valence-corrected chi connectivity index (χ4v) is 4.49. The van der Waals surface area contributed by atoms with E-state index in [-0.39, 0.29) is 24.2 Å². The van der Waals surface area contributed by atoms with Crippen LogP contribution in [-0.2, 0) is 27.9 Å². The number of piperidine rings is 1. The van der Waals surface area contributed by atoms with E-state index < -0.39 is 10.0 Å². The van der Waals surface area contributed by atoms with Crippen molar-refractivity contribution in [3.05, 3.63) is 34.7 Å². The van der Waals surface area contributed by atoms with E-state index in [1.54, 1.807) is 4.57 Å². The van der Waals surface area contributed by atoms with Crippen LogP contribution in [0.2, 0.25) is 0 Å². The van der Waals surface area contributed by atoms with Crippen molar-refractivity contribution < 1.29 is 13.2 Å². The molecule has 1 amide bonds. The van der Waals surface area contributed by atoms with Gasteiger partial charge in [0.25, 0.3) is 0 Å². The van der Waals surface area contributed by atoms with E-state index in [9.17, 15) is 18.0 Å². The average Bonchev–Trinajstić information content (AvgIpc) is 2.88. The van der Waals surface area contributed by atoms with Crippen LogP contribution in [0.3, 0.4) is 0 Å². The molecule has 1 N–H and O–H groups in total. The summed E-state index contributed by atoms with van der Waals surface area (Å²) in [6.45, 7) is 3.38. The molecule has 2 aromatic rings. The van der Waals surface area contributed by atoms with Gasteiger partial charge in [0.05, 0.1) is 17.3 Å². The summed E-state index contributed by atoms with van der Waals surface area (Å²) in [6.07, 6.45) is 3.18. The van der Waals surface area contributed by atoms with Crippen molar-refractivity contribution in [3.8, 4) is 0 Å². The Hall–Kier alpha value is -2.13. The van der Waals surface area contributed by atoms with E-state index in [4.69, 9.17) is 0 Å². The van der Waals surface area contributed by atoms with Crippen LogP contribution < -0.4 is 11.0 Å². The third kappa shape index (κ3) is 4.24. The highest BCUT2D eigenvalue weighted by molar-refractivity contribution is 7.88. The van der Waals surface area contributed by atoms with Crippen molar-refractivity contribution in [1.82, 2.24) is 18.8 Å². The molecule has 1 aliphatic heterocycles. The van der Waals surface area contributed by atoms with Gasteiger partial charge >= 0.3 is 5.69 Å². The van der Waals surface area contributed by atoms with Gasteiger partial charge in [0.1, 0.15) is 6.54 Å². The minimum absolute atomic E-state index is 0.0393. The Morgan fingerprint density at radius 2 is 1.74 bits per heavy atom. The lowest BCUT2D eigenvalue weighted by Crippen LogP contribution is -2.47. The van der Waals surface area contributed by atoms with Crippen molar-refractivity contribution >= 4 is 27.0 Å². The highest BCUT2D eigenvalue weighted by Crippen LogP contribution is 2.15. The minimum Gasteiger partial charge on any atom is -0.352 e. The van der Waals surface area contributed by atoms with Gasteiger partial charge in [-0.15, -0.1) is 0 Å². The van der Waals surface area contributed by atoms with Crippen LogP contribution in [-0.4, -0.2) is 53.2 Å². The molecule has 27 heavy (non-hydrogen) atoms. The lowest BCUT2D eigenvalue weighted by Gasteiger charge is -2.30. The summed E-state index contributed by atoms with van der Waals surface area (Å²) in [7, 11) is -3.19. The molecular formula is C18H26N4O4S. The molecule has 0 aliphatic carbocycles. The predicted octanol–water partition coefficient (Wildman–Crippen LogP) is 0.753. The highest BCUT2D eigenvalue weighted by atomic mass is 32.2. The van der Waals surface area contributed by atoms with Crippen LogP contribution >= 0.6 is 0 Å². The maximum atomic E-state index is 12.7. The van der Waals surface area contributed by atoms with Gasteiger partial charge in [-0.1, -0.05) is 19.1 Å². The van der Waals surface area contributed by atoms with Crippen LogP contribution in [0, 0.1) is 0 Å². The maximum absolute atomic E-state index is 12.7. The van der Waals surface area contributed by atoms with E-state index >= 15 is 0 Å². The number of sulfonamides is 1. The van der Waals surface area contributed by atoms with Crippen LogP contribution in [0.25, 0.3) is 11.0 Å². The molecule has 1 aliphatic rings. The van der Waals surface area contributed by atoms with Crippen molar-refractivity contribution in [2.24, 2.45) is 0 Å². The number of rotatable bonds is 6. The first kappa shape index (κ1) is 19.6. The Bertz CT molecular complexity index is 984. The zero-order valence-electron chi connectivity index (χ0n) is 15.7. The van der Waals surface area contributed by atoms with Gasteiger partial charge in [-0.05, 0) is 31.4 Å². The first-order valence-corrected chi connectivity index (χ1v) is 11.1. The van der Waals surface area contributed by atoms with Crippen LogP contribution in [0.4, 0.5) is 0 Å². The quantitative estimate of drug-likeness (QED) is 0.783. The number of carbonyl (C=O) groups is 1. The van der Waals surface area contributed by atoms with Crippen LogP contribution in [0.5, 0.6) is 0 Å². The second-order valence-electron chi connectivity index (χ2n) is 7.01. The van der Waals surface area contributed by atoms with E-state index in [1.807, 2.05) is 31.2 Å². The van der Waals surface area contributed by atoms with E-state index in [0.29, 0.717) is 32.5 Å². The number of fused-ring (bicyclic) bond motifs is 1. The summed E-state index contributed by atoms with van der Waals surface area (Å²) in [6, 6.07) is 7.40. The molecule has 1 saturated heterocycles. The van der Waals surface area contributed by atoms with Crippen molar-refractivity contribution in [3.63, 3.8) is 0 Å². The molecule has 0 radical (unpaired) electrons. The number of aromatic nitrogens is 2. The summed E-state index contributed by atoms with van der Waals surface area (Å²) in [4.78, 5) is 25.2. The molecule has 3 rings (SSSR count). The zero-order valence-corrected chi connectivity index (χ0v) is 16.5. The first-order chi connectivity index (χ1) is 12.8. The fourth-order valence-electron chi connectivity index (χ4n) is 3.61. The van der Waals surface area contributed by atoms with Gasteiger partial charge < -0.3 is 5.32 Å². The van der Waals surface area contributed by atoms with Gasteiger partial charge in [0, 0.05) is 25.7 Å². The Morgan fingerprint density at radius 1 is 1.15 bits per heavy atom. The second-order valence-corrected chi connectivity index (χ2v) is 9.00. The summed E-state index contributed by atoms with van der Waals surface area (Å²) in [5.74, 6) is -0.227. The number of carbonyl (C=O) groups excluding carboxylic acids is 1. The molecule has 148 valence electrons. The molecule has 1 fully saturated rings. The molecule has 1 aromatic carbocycles. The SMILES string of the molecule is CCCn1c(=O)n(CC(=O)NC2CCN(S(C)(=O)=O)CC2)c2ccccc21. The molecule has 0 saturated carbocycles. The number of aryl methyl sites for hydroxylation is 1. The number of nitrogens with zero attached hydrogens (tertiary/aromatic N) is 3. The Labute approximate surface area is 158 Å². The van der Waals surface area contributed by atoms with Gasteiger partial charge in [-0.25, -0.2) is 17.5 Å². The maximum Gasteiger partial charge on any atom is 0.329 e. The van der Waals surface area contributed by atoms with E-state index in [0.717, 1.165) is 17.5 Å². The second kappa shape index (κ2) is 7.85. The molecule has 0 atom stereocenters. The summed E-state index contributed by atoms with van der Waals surface area (Å²) in [5.41, 5.74) is 1.40. The molecule has 2 heterocycles. The monoisotopic (exact) mass is 394 g/mol. The molecule has 0 bridgehead atoms. The van der Waals surface area contributed by atoms with Gasteiger partial charge in [-0.2, -0.15) is 0 Å². The predicted molar refractivity (Wildman–Crippen MR) is 104 cm³/mol. The Morgan fingerprint density at radius 3 is 2.30 bits per heavy atom. The standard InChI is InChI=1S/C18H26N4O4S/c1-3-10-21-15-6-4-5-7-16(15)22(18(21)24)13-17(23)19-14-8-11-20(12-9-14)27(2,25)26/h4-7,14H,3,8-13H2,1-2H3,(H,19,23). The van der Waals surface area contributed by atoms with Gasteiger partial charge in [-0.3, -0.25) is 13.9 Å². The topological polar surface area (TPSA) is 93.4 Å². The number of benzene rings is 1. The highest BCUT2D eigenvalue weighted by Gasteiger charge is 2.26. The summed E-state index contributed by atoms with van der Waals surface area (Å²) in [5, 5.41) is 2.94. The molecule has 8 nitrogen and oxygen atoms in total. The average molecular weight is 394 g/mol. The third-order valence-corrected chi connectivity index (χ3v) is 6.27. The molecular weight excluding hydrogens is 368 g/mol. The Balaban J connectivity index is 1.70. The van der Waals surface area contributed by atoms with Crippen molar-refractivity contribution in [1.29, 1.82) is 0 Å². The molecule has 9 heteroatoms. The zero-order chi connectivity index (χ0) is 19.6. The lowest BCUT2D eigenvalue weighted by atomic mass is 10.1. The third-order valence-electron chi connectivity index (χ3n) is 4.96. The smallest absolute Gasteiger partial charge is 0.329 e. The lowest BCUT2D eigenvalue weighted by molar-refractivity contribution is -0.122. The van der Waals surface area contributed by atoms with Crippen molar-refractivity contribution in [2.45, 2.75) is 45.3 Å².